The quantitative estimate of drug-likeness (QED) is 0.913. The first-order valence-corrected chi connectivity index (χ1v) is 6.88. The second kappa shape index (κ2) is 5.06. The van der Waals surface area contributed by atoms with E-state index in [0.717, 1.165) is 10.9 Å². The molecule has 5 nitrogen and oxygen atoms in total. The number of carboxylic acids is 1. The first-order chi connectivity index (χ1) is 10.1. The van der Waals surface area contributed by atoms with E-state index in [4.69, 9.17) is 0 Å². The molecule has 1 saturated heterocycles. The van der Waals surface area contributed by atoms with Crippen LogP contribution in [0.2, 0.25) is 0 Å². The molecular formula is C16H15N3O2. The Hall–Kier alpha value is -2.61. The van der Waals surface area contributed by atoms with Gasteiger partial charge in [0, 0.05) is 18.5 Å². The van der Waals surface area contributed by atoms with Crippen LogP contribution in [0.4, 0.5) is 5.82 Å². The highest BCUT2D eigenvalue weighted by molar-refractivity contribution is 5.83. The van der Waals surface area contributed by atoms with E-state index >= 15 is 0 Å². The summed E-state index contributed by atoms with van der Waals surface area (Å²) >= 11 is 0. The normalized spacial score (nSPS) is 21.4. The molecule has 0 bridgehead atoms. The Kier molecular flexibility index (Phi) is 3.22. The Morgan fingerprint density at radius 2 is 2.19 bits per heavy atom. The van der Waals surface area contributed by atoms with E-state index in [9.17, 15) is 15.2 Å². The minimum absolute atomic E-state index is 0.0438. The number of aliphatic carboxylic acids is 1. The van der Waals surface area contributed by atoms with Gasteiger partial charge in [0.05, 0.1) is 17.0 Å². The molecule has 1 aliphatic heterocycles. The topological polar surface area (TPSA) is 77.2 Å². The van der Waals surface area contributed by atoms with Crippen LogP contribution in [-0.4, -0.2) is 29.1 Å². The van der Waals surface area contributed by atoms with Crippen molar-refractivity contribution in [2.45, 2.75) is 6.92 Å². The highest BCUT2D eigenvalue weighted by Crippen LogP contribution is 2.30. The van der Waals surface area contributed by atoms with Gasteiger partial charge in [-0.05, 0) is 18.1 Å². The van der Waals surface area contributed by atoms with Gasteiger partial charge in [-0.15, -0.1) is 0 Å². The summed E-state index contributed by atoms with van der Waals surface area (Å²) in [5, 5.41) is 19.5. The summed E-state index contributed by atoms with van der Waals surface area (Å²) in [6, 6.07) is 11.6. The van der Waals surface area contributed by atoms with E-state index in [1.54, 1.807) is 0 Å². The fraction of sp³-hybridized carbons (Fsp3) is 0.312. The zero-order valence-corrected chi connectivity index (χ0v) is 11.7. The van der Waals surface area contributed by atoms with Crippen molar-refractivity contribution in [2.75, 3.05) is 18.0 Å². The Morgan fingerprint density at radius 3 is 2.86 bits per heavy atom. The third kappa shape index (κ3) is 2.29. The van der Waals surface area contributed by atoms with Gasteiger partial charge in [0.25, 0.3) is 0 Å². The van der Waals surface area contributed by atoms with Crippen LogP contribution in [0.3, 0.4) is 0 Å². The molecule has 0 radical (unpaired) electrons. The van der Waals surface area contributed by atoms with Crippen LogP contribution in [0.1, 0.15) is 12.5 Å². The van der Waals surface area contributed by atoms with Gasteiger partial charge < -0.3 is 10.0 Å². The van der Waals surface area contributed by atoms with Crippen LogP contribution >= 0.6 is 0 Å². The molecule has 3 rings (SSSR count). The van der Waals surface area contributed by atoms with Gasteiger partial charge in [-0.1, -0.05) is 25.1 Å². The zero-order valence-electron chi connectivity index (χ0n) is 11.7. The van der Waals surface area contributed by atoms with Gasteiger partial charge in [0.15, 0.2) is 0 Å². The molecule has 21 heavy (non-hydrogen) atoms. The molecule has 1 aromatic carbocycles. The van der Waals surface area contributed by atoms with Crippen molar-refractivity contribution in [3.05, 3.63) is 35.9 Å². The number of nitriles is 1. The van der Waals surface area contributed by atoms with Crippen molar-refractivity contribution in [2.24, 2.45) is 11.8 Å². The number of para-hydroxylation sites is 1. The minimum atomic E-state index is -0.788. The lowest BCUT2D eigenvalue weighted by Crippen LogP contribution is -2.24. The van der Waals surface area contributed by atoms with E-state index in [1.807, 2.05) is 42.2 Å². The molecule has 1 N–H and O–H groups in total. The largest absolute Gasteiger partial charge is 0.481 e. The smallest absolute Gasteiger partial charge is 0.308 e. The predicted molar refractivity (Wildman–Crippen MR) is 79.0 cm³/mol. The highest BCUT2D eigenvalue weighted by atomic mass is 16.4. The molecule has 1 aliphatic rings. The van der Waals surface area contributed by atoms with Crippen molar-refractivity contribution < 1.29 is 9.90 Å². The summed E-state index contributed by atoms with van der Waals surface area (Å²) in [5.74, 6) is -0.566. The van der Waals surface area contributed by atoms with Crippen LogP contribution in [0, 0.1) is 23.2 Å². The summed E-state index contributed by atoms with van der Waals surface area (Å²) in [7, 11) is 0. The van der Waals surface area contributed by atoms with Crippen molar-refractivity contribution >= 4 is 22.7 Å². The molecule has 2 heterocycles. The summed E-state index contributed by atoms with van der Waals surface area (Å²) in [6.45, 7) is 2.93. The molecule has 1 aromatic heterocycles. The summed E-state index contributed by atoms with van der Waals surface area (Å²) in [5.41, 5.74) is 1.31. The highest BCUT2D eigenvalue weighted by Gasteiger charge is 2.36. The Morgan fingerprint density at radius 1 is 1.43 bits per heavy atom. The maximum Gasteiger partial charge on any atom is 0.308 e. The third-order valence-electron chi connectivity index (χ3n) is 4.05. The number of carboxylic acid groups (broad SMARTS) is 1. The zero-order chi connectivity index (χ0) is 15.0. The number of anilines is 1. The number of rotatable bonds is 2. The van der Waals surface area contributed by atoms with E-state index in [0.29, 0.717) is 24.5 Å². The van der Waals surface area contributed by atoms with Crippen molar-refractivity contribution in [3.63, 3.8) is 0 Å². The molecule has 1 fully saturated rings. The number of benzene rings is 1. The van der Waals surface area contributed by atoms with E-state index < -0.39 is 11.9 Å². The van der Waals surface area contributed by atoms with Gasteiger partial charge in [0.1, 0.15) is 11.9 Å². The molecule has 2 aromatic rings. The van der Waals surface area contributed by atoms with Crippen LogP contribution in [-0.2, 0) is 4.79 Å². The van der Waals surface area contributed by atoms with Gasteiger partial charge in [-0.25, -0.2) is 4.98 Å². The van der Waals surface area contributed by atoms with E-state index in [-0.39, 0.29) is 5.92 Å². The van der Waals surface area contributed by atoms with Crippen LogP contribution < -0.4 is 4.90 Å². The number of carbonyl (C=O) groups is 1. The second-order valence-electron chi connectivity index (χ2n) is 5.49. The maximum absolute atomic E-state index is 11.2. The minimum Gasteiger partial charge on any atom is -0.481 e. The second-order valence-corrected chi connectivity index (χ2v) is 5.49. The Labute approximate surface area is 122 Å². The molecular weight excluding hydrogens is 266 g/mol. The molecule has 2 atom stereocenters. The molecule has 0 aliphatic carbocycles. The molecule has 0 saturated carbocycles. The fourth-order valence-corrected chi connectivity index (χ4v) is 2.89. The number of hydrogen-bond acceptors (Lipinski definition) is 4. The summed E-state index contributed by atoms with van der Waals surface area (Å²) < 4.78 is 0. The summed E-state index contributed by atoms with van der Waals surface area (Å²) in [4.78, 5) is 17.7. The average molecular weight is 281 g/mol. The number of hydrogen-bond donors (Lipinski definition) is 1. The lowest BCUT2D eigenvalue weighted by atomic mass is 9.99. The van der Waals surface area contributed by atoms with Crippen molar-refractivity contribution in [3.8, 4) is 6.07 Å². The van der Waals surface area contributed by atoms with Gasteiger partial charge in [0.2, 0.25) is 0 Å². The Bertz CT molecular complexity index is 751. The SMILES string of the molecule is C[C@@H]1CN(c2nc3ccccc3cc2C#N)C[C@H]1C(=O)O. The maximum atomic E-state index is 11.2. The Balaban J connectivity index is 2.04. The lowest BCUT2D eigenvalue weighted by molar-refractivity contribution is -0.142. The van der Waals surface area contributed by atoms with E-state index in [2.05, 4.69) is 11.1 Å². The molecule has 0 unspecified atom stereocenters. The number of nitrogens with zero attached hydrogens (tertiary/aromatic N) is 3. The molecule has 0 spiro atoms. The average Bonchev–Trinajstić information content (AvgIpc) is 2.88. The number of fused-ring (bicyclic) bond motifs is 1. The first kappa shape index (κ1) is 13.4. The number of pyridine rings is 1. The summed E-state index contributed by atoms with van der Waals surface area (Å²) in [6.07, 6.45) is 0. The van der Waals surface area contributed by atoms with Crippen LogP contribution in [0.25, 0.3) is 10.9 Å². The third-order valence-corrected chi connectivity index (χ3v) is 4.05. The fourth-order valence-electron chi connectivity index (χ4n) is 2.89. The first-order valence-electron chi connectivity index (χ1n) is 6.88. The standard InChI is InChI=1S/C16H15N3O2/c1-10-8-19(9-13(10)16(20)21)15-12(7-17)6-11-4-2-3-5-14(11)18-15/h2-6,10,13H,8-9H2,1H3,(H,20,21)/t10-,13-/m1/s1. The lowest BCUT2D eigenvalue weighted by Gasteiger charge is -2.18. The van der Waals surface area contributed by atoms with Crippen molar-refractivity contribution in [1.29, 1.82) is 5.26 Å². The molecule has 0 amide bonds. The molecule has 106 valence electrons. The van der Waals surface area contributed by atoms with E-state index in [1.165, 1.54) is 0 Å². The van der Waals surface area contributed by atoms with Crippen molar-refractivity contribution in [1.82, 2.24) is 4.98 Å². The monoisotopic (exact) mass is 281 g/mol. The predicted octanol–water partition coefficient (Wildman–Crippen LogP) is 2.26. The number of aromatic nitrogens is 1. The van der Waals surface area contributed by atoms with Gasteiger partial charge >= 0.3 is 5.97 Å². The van der Waals surface area contributed by atoms with Crippen LogP contribution in [0.15, 0.2) is 30.3 Å². The van der Waals surface area contributed by atoms with Crippen LogP contribution in [0.5, 0.6) is 0 Å². The van der Waals surface area contributed by atoms with Gasteiger partial charge in [-0.2, -0.15) is 5.26 Å². The van der Waals surface area contributed by atoms with Gasteiger partial charge in [-0.3, -0.25) is 4.79 Å². The molecule has 5 heteroatoms.